The minimum Gasteiger partial charge on any atom is -0.493 e. The van der Waals surface area contributed by atoms with E-state index in [2.05, 4.69) is 0 Å². The number of hydrogen-bond acceptors (Lipinski definition) is 4. The highest BCUT2D eigenvalue weighted by Gasteiger charge is 2.14. The lowest BCUT2D eigenvalue weighted by Crippen LogP contribution is -1.91. The first-order valence-corrected chi connectivity index (χ1v) is 6.44. The van der Waals surface area contributed by atoms with E-state index in [4.69, 9.17) is 14.6 Å². The van der Waals surface area contributed by atoms with E-state index < -0.39 is 5.97 Å². The van der Waals surface area contributed by atoms with Crippen molar-refractivity contribution < 1.29 is 19.4 Å². The molecule has 1 N–H and O–H groups in total. The Morgan fingerprint density at radius 3 is 2.37 bits per heavy atom. The maximum Gasteiger partial charge on any atom is 0.345 e. The summed E-state index contributed by atoms with van der Waals surface area (Å²) in [6, 6.07) is 7.23. The van der Waals surface area contributed by atoms with Crippen molar-refractivity contribution in [3.8, 4) is 22.6 Å². The highest BCUT2D eigenvalue weighted by Crippen LogP contribution is 2.36. The van der Waals surface area contributed by atoms with Gasteiger partial charge in [0.25, 0.3) is 0 Å². The van der Waals surface area contributed by atoms with Crippen LogP contribution in [-0.2, 0) is 0 Å². The van der Waals surface area contributed by atoms with E-state index in [1.807, 2.05) is 25.1 Å². The third kappa shape index (κ3) is 2.56. The van der Waals surface area contributed by atoms with Crippen molar-refractivity contribution in [1.29, 1.82) is 0 Å². The molecule has 0 aliphatic heterocycles. The van der Waals surface area contributed by atoms with Crippen LogP contribution < -0.4 is 9.47 Å². The fourth-order valence-electron chi connectivity index (χ4n) is 1.88. The lowest BCUT2D eigenvalue weighted by Gasteiger charge is -2.09. The number of methoxy groups -OCH3 is 2. The predicted molar refractivity (Wildman–Crippen MR) is 74.6 cm³/mol. The molecule has 1 heterocycles. The van der Waals surface area contributed by atoms with Crippen molar-refractivity contribution in [2.45, 2.75) is 6.92 Å². The zero-order valence-corrected chi connectivity index (χ0v) is 11.7. The van der Waals surface area contributed by atoms with E-state index in [1.165, 1.54) is 11.3 Å². The average Bonchev–Trinajstić information content (AvgIpc) is 2.80. The van der Waals surface area contributed by atoms with Gasteiger partial charge in [-0.1, -0.05) is 6.07 Å². The van der Waals surface area contributed by atoms with Gasteiger partial charge >= 0.3 is 5.97 Å². The molecular formula is C14H14O4S. The Hall–Kier alpha value is -2.01. The van der Waals surface area contributed by atoms with Gasteiger partial charge in [0.2, 0.25) is 0 Å². The van der Waals surface area contributed by atoms with Gasteiger partial charge in [-0.3, -0.25) is 0 Å². The molecule has 1 aromatic carbocycles. The Bertz CT molecular complexity index is 616. The minimum atomic E-state index is -0.903. The number of carboxylic acids is 1. The van der Waals surface area contributed by atoms with Crippen molar-refractivity contribution in [1.82, 2.24) is 0 Å². The molecule has 0 bridgehead atoms. The molecule has 5 heteroatoms. The molecule has 2 aromatic rings. The van der Waals surface area contributed by atoms with Gasteiger partial charge in [-0.15, -0.1) is 11.3 Å². The van der Waals surface area contributed by atoms with Gasteiger partial charge in [-0.2, -0.15) is 0 Å². The number of hydrogen-bond donors (Lipinski definition) is 1. The quantitative estimate of drug-likeness (QED) is 0.930. The van der Waals surface area contributed by atoms with Crippen LogP contribution in [0.3, 0.4) is 0 Å². The third-order valence-electron chi connectivity index (χ3n) is 2.82. The molecular weight excluding hydrogens is 264 g/mol. The van der Waals surface area contributed by atoms with E-state index in [-0.39, 0.29) is 0 Å². The summed E-state index contributed by atoms with van der Waals surface area (Å²) in [4.78, 5) is 12.3. The zero-order chi connectivity index (χ0) is 14.0. The second-order valence-corrected chi connectivity index (χ2v) is 5.21. The number of aromatic carboxylic acids is 1. The molecule has 19 heavy (non-hydrogen) atoms. The second-order valence-electron chi connectivity index (χ2n) is 3.96. The van der Waals surface area contributed by atoms with Crippen molar-refractivity contribution in [2.24, 2.45) is 0 Å². The van der Waals surface area contributed by atoms with Gasteiger partial charge in [-0.25, -0.2) is 4.79 Å². The smallest absolute Gasteiger partial charge is 0.345 e. The first kappa shape index (κ1) is 13.4. The van der Waals surface area contributed by atoms with E-state index in [0.717, 1.165) is 16.0 Å². The molecule has 0 saturated carbocycles. The number of thiophene rings is 1. The van der Waals surface area contributed by atoms with Crippen LogP contribution in [0.15, 0.2) is 24.3 Å². The first-order chi connectivity index (χ1) is 9.06. The Morgan fingerprint density at radius 1 is 1.16 bits per heavy atom. The normalized spacial score (nSPS) is 10.3. The maximum absolute atomic E-state index is 11.0. The maximum atomic E-state index is 11.0. The molecule has 100 valence electrons. The fourth-order valence-corrected chi connectivity index (χ4v) is 2.76. The van der Waals surface area contributed by atoms with E-state index >= 15 is 0 Å². The number of benzene rings is 1. The van der Waals surface area contributed by atoms with Crippen LogP contribution in [0, 0.1) is 6.92 Å². The SMILES string of the molecule is COc1ccc(-c2cc(C(=O)O)sc2C)cc1OC. The average molecular weight is 278 g/mol. The van der Waals surface area contributed by atoms with Crippen LogP contribution >= 0.6 is 11.3 Å². The highest BCUT2D eigenvalue weighted by molar-refractivity contribution is 7.14. The van der Waals surface area contributed by atoms with Crippen LogP contribution in [0.1, 0.15) is 14.5 Å². The Balaban J connectivity index is 2.50. The summed E-state index contributed by atoms with van der Waals surface area (Å²) >= 11 is 1.27. The van der Waals surface area contributed by atoms with Gasteiger partial charge in [0, 0.05) is 4.88 Å². The standard InChI is InChI=1S/C14H14O4S/c1-8-10(7-13(19-8)14(15)16)9-4-5-11(17-2)12(6-9)18-3/h4-7H,1-3H3,(H,15,16). The van der Waals surface area contributed by atoms with E-state index in [9.17, 15) is 4.79 Å². The molecule has 0 unspecified atom stereocenters. The molecule has 0 atom stereocenters. The largest absolute Gasteiger partial charge is 0.493 e. The fraction of sp³-hybridized carbons (Fsp3) is 0.214. The summed E-state index contributed by atoms with van der Waals surface area (Å²) in [5.41, 5.74) is 1.82. The molecule has 4 nitrogen and oxygen atoms in total. The predicted octanol–water partition coefficient (Wildman–Crippen LogP) is 3.44. The molecule has 0 aliphatic rings. The van der Waals surface area contributed by atoms with E-state index in [0.29, 0.717) is 16.4 Å². The molecule has 2 rings (SSSR count). The van der Waals surface area contributed by atoms with Gasteiger partial charge in [0.1, 0.15) is 4.88 Å². The topological polar surface area (TPSA) is 55.8 Å². The van der Waals surface area contributed by atoms with Crippen molar-refractivity contribution >= 4 is 17.3 Å². The summed E-state index contributed by atoms with van der Waals surface area (Å²) in [7, 11) is 3.15. The molecule has 0 amide bonds. The lowest BCUT2D eigenvalue weighted by molar-refractivity contribution is 0.0702. The van der Waals surface area contributed by atoms with Gasteiger partial charge in [0.15, 0.2) is 11.5 Å². The Morgan fingerprint density at radius 2 is 1.84 bits per heavy atom. The van der Waals surface area contributed by atoms with Crippen LogP contribution in [0.25, 0.3) is 11.1 Å². The van der Waals surface area contributed by atoms with Crippen LogP contribution in [0.2, 0.25) is 0 Å². The first-order valence-electron chi connectivity index (χ1n) is 5.63. The number of ether oxygens (including phenoxy) is 2. The molecule has 0 spiro atoms. The summed E-state index contributed by atoms with van der Waals surface area (Å²) in [6.45, 7) is 1.91. The number of carboxylic acid groups (broad SMARTS) is 1. The number of aryl methyl sites for hydroxylation is 1. The monoisotopic (exact) mass is 278 g/mol. The van der Waals surface area contributed by atoms with Crippen LogP contribution in [0.4, 0.5) is 0 Å². The summed E-state index contributed by atoms with van der Waals surface area (Å²) < 4.78 is 10.4. The van der Waals surface area contributed by atoms with Crippen LogP contribution in [0.5, 0.6) is 11.5 Å². The van der Waals surface area contributed by atoms with Gasteiger partial charge in [-0.05, 0) is 36.2 Å². The minimum absolute atomic E-state index is 0.335. The molecule has 0 saturated heterocycles. The zero-order valence-electron chi connectivity index (χ0n) is 10.9. The Labute approximate surface area is 115 Å². The summed E-state index contributed by atoms with van der Waals surface area (Å²) in [5.74, 6) is 0.375. The van der Waals surface area contributed by atoms with Gasteiger partial charge < -0.3 is 14.6 Å². The van der Waals surface area contributed by atoms with Gasteiger partial charge in [0.05, 0.1) is 14.2 Å². The number of rotatable bonds is 4. The molecule has 1 aromatic heterocycles. The second kappa shape index (κ2) is 5.32. The summed E-state index contributed by atoms with van der Waals surface area (Å²) in [5, 5.41) is 9.02. The highest BCUT2D eigenvalue weighted by atomic mass is 32.1. The third-order valence-corrected chi connectivity index (χ3v) is 3.86. The van der Waals surface area contributed by atoms with E-state index in [1.54, 1.807) is 20.3 Å². The van der Waals surface area contributed by atoms with Crippen molar-refractivity contribution in [3.05, 3.63) is 34.0 Å². The number of carbonyl (C=O) groups is 1. The molecule has 0 fully saturated rings. The summed E-state index contributed by atoms with van der Waals surface area (Å²) in [6.07, 6.45) is 0. The Kier molecular flexibility index (Phi) is 3.76. The molecule has 0 radical (unpaired) electrons. The van der Waals surface area contributed by atoms with Crippen molar-refractivity contribution in [2.75, 3.05) is 14.2 Å². The van der Waals surface area contributed by atoms with Crippen LogP contribution in [-0.4, -0.2) is 25.3 Å². The molecule has 0 aliphatic carbocycles. The van der Waals surface area contributed by atoms with Crippen molar-refractivity contribution in [3.63, 3.8) is 0 Å². The lowest BCUT2D eigenvalue weighted by atomic mass is 10.1.